The second-order valence-electron chi connectivity index (χ2n) is 10.0. The van der Waals surface area contributed by atoms with E-state index in [-0.39, 0.29) is 11.3 Å². The molecule has 0 saturated carbocycles. The number of hydrogen-bond acceptors (Lipinski definition) is 7. The van der Waals surface area contributed by atoms with E-state index in [0.717, 1.165) is 5.56 Å². The van der Waals surface area contributed by atoms with Gasteiger partial charge in [0, 0.05) is 31.0 Å². The molecule has 43 heavy (non-hydrogen) atoms. The van der Waals surface area contributed by atoms with Gasteiger partial charge in [-0.25, -0.2) is 4.98 Å². The number of carbonyl (C=O) groups excluding carboxylic acids is 2. The van der Waals surface area contributed by atoms with Crippen molar-refractivity contribution in [2.24, 2.45) is 0 Å². The van der Waals surface area contributed by atoms with Crippen molar-refractivity contribution in [3.05, 3.63) is 114 Å². The zero-order valence-electron chi connectivity index (χ0n) is 24.3. The first-order valence-corrected chi connectivity index (χ1v) is 14.4. The molecule has 0 aliphatic carbocycles. The monoisotopic (exact) mass is 581 g/mol. The van der Waals surface area contributed by atoms with E-state index in [1.165, 1.54) is 4.90 Å². The lowest BCUT2D eigenvalue weighted by molar-refractivity contribution is -0.139. The number of benzene rings is 3. The first kappa shape index (κ1) is 29.4. The van der Waals surface area contributed by atoms with Gasteiger partial charge in [0.25, 0.3) is 11.7 Å². The lowest BCUT2D eigenvalue weighted by Crippen LogP contribution is -2.31. The largest absolute Gasteiger partial charge is 0.507 e. The highest BCUT2D eigenvalue weighted by molar-refractivity contribution is 6.46. The number of aliphatic hydroxyl groups is 1. The number of ether oxygens (including phenoxy) is 3. The number of rotatable bonds is 13. The summed E-state index contributed by atoms with van der Waals surface area (Å²) in [5.74, 6) is 0.0276. The molecule has 1 aromatic heterocycles. The number of hydrogen-bond donors (Lipinski definition) is 1. The number of likely N-dealkylation sites (tertiary alicyclic amines) is 1. The van der Waals surface area contributed by atoms with E-state index in [9.17, 15) is 14.7 Å². The zero-order valence-corrected chi connectivity index (χ0v) is 24.3. The number of aromatic nitrogens is 2. The van der Waals surface area contributed by atoms with Gasteiger partial charge in [0.15, 0.2) is 11.5 Å². The van der Waals surface area contributed by atoms with Gasteiger partial charge in [-0.2, -0.15) is 0 Å². The zero-order chi connectivity index (χ0) is 30.2. The fourth-order valence-electron chi connectivity index (χ4n) is 5.15. The molecule has 222 valence electrons. The number of carbonyl (C=O) groups is 2. The third-order valence-corrected chi connectivity index (χ3v) is 7.17. The SMILES string of the molecule is CCOc1ccc(C(O)=C2C(=O)C(=O)N(CCCn3ccnc3)C2c2ccc(OCc3ccccc3)c(OCC)c2)cc1. The number of ketones is 1. The molecule has 9 heteroatoms. The van der Waals surface area contributed by atoms with Crippen LogP contribution in [0.3, 0.4) is 0 Å². The fraction of sp³-hybridized carbons (Fsp3) is 0.265. The summed E-state index contributed by atoms with van der Waals surface area (Å²) < 4.78 is 19.5. The molecule has 0 bridgehead atoms. The smallest absolute Gasteiger partial charge is 0.295 e. The molecule has 1 atom stereocenters. The Kier molecular flexibility index (Phi) is 9.41. The number of amides is 1. The quantitative estimate of drug-likeness (QED) is 0.121. The van der Waals surface area contributed by atoms with Crippen molar-refractivity contribution in [1.82, 2.24) is 14.5 Å². The van der Waals surface area contributed by atoms with E-state index in [0.29, 0.717) is 67.7 Å². The van der Waals surface area contributed by atoms with Crippen LogP contribution in [0.15, 0.2) is 97.1 Å². The maximum Gasteiger partial charge on any atom is 0.295 e. The Morgan fingerprint density at radius 1 is 0.884 bits per heavy atom. The Balaban J connectivity index is 1.51. The normalized spacial score (nSPS) is 16.0. The van der Waals surface area contributed by atoms with E-state index < -0.39 is 17.7 Å². The number of nitrogens with zero attached hydrogens (tertiary/aromatic N) is 3. The topological polar surface area (TPSA) is 103 Å². The number of Topliss-reactive ketones (excluding diaryl/α,β-unsaturated/α-hetero) is 1. The van der Waals surface area contributed by atoms with E-state index in [1.54, 1.807) is 48.9 Å². The summed E-state index contributed by atoms with van der Waals surface area (Å²) in [6.45, 7) is 5.92. The Morgan fingerprint density at radius 2 is 1.65 bits per heavy atom. The van der Waals surface area contributed by atoms with Gasteiger partial charge >= 0.3 is 0 Å². The van der Waals surface area contributed by atoms with Crippen molar-refractivity contribution in [2.45, 2.75) is 39.5 Å². The highest BCUT2D eigenvalue weighted by Crippen LogP contribution is 2.42. The molecule has 1 N–H and O–H groups in total. The minimum absolute atomic E-state index is 0.0252. The minimum atomic E-state index is -0.822. The van der Waals surface area contributed by atoms with Crippen LogP contribution in [0.2, 0.25) is 0 Å². The van der Waals surface area contributed by atoms with E-state index in [4.69, 9.17) is 14.2 Å². The van der Waals surface area contributed by atoms with Gasteiger partial charge < -0.3 is 28.8 Å². The first-order valence-electron chi connectivity index (χ1n) is 14.4. The van der Waals surface area contributed by atoms with E-state index >= 15 is 0 Å². The highest BCUT2D eigenvalue weighted by Gasteiger charge is 2.46. The molecule has 0 spiro atoms. The van der Waals surface area contributed by atoms with Crippen LogP contribution in [0.5, 0.6) is 17.2 Å². The summed E-state index contributed by atoms with van der Waals surface area (Å²) in [6, 6.07) is 21.2. The van der Waals surface area contributed by atoms with Gasteiger partial charge in [-0.3, -0.25) is 9.59 Å². The maximum absolute atomic E-state index is 13.5. The van der Waals surface area contributed by atoms with E-state index in [1.807, 2.05) is 61.0 Å². The Hall–Kier alpha value is -5.05. The van der Waals surface area contributed by atoms with Gasteiger partial charge in [-0.05, 0) is 67.8 Å². The Labute approximate surface area is 251 Å². The van der Waals surface area contributed by atoms with Crippen molar-refractivity contribution in [1.29, 1.82) is 0 Å². The van der Waals surface area contributed by atoms with Crippen LogP contribution in [-0.4, -0.2) is 51.0 Å². The first-order chi connectivity index (χ1) is 21.0. The number of aryl methyl sites for hydroxylation is 1. The summed E-state index contributed by atoms with van der Waals surface area (Å²) in [5.41, 5.74) is 2.08. The molecule has 1 amide bonds. The third-order valence-electron chi connectivity index (χ3n) is 7.17. The number of imidazole rings is 1. The van der Waals surface area contributed by atoms with Crippen molar-refractivity contribution >= 4 is 17.4 Å². The molecular weight excluding hydrogens is 546 g/mol. The second kappa shape index (κ2) is 13.7. The molecule has 1 aliphatic heterocycles. The second-order valence-corrected chi connectivity index (χ2v) is 10.0. The molecule has 1 aliphatic rings. The maximum atomic E-state index is 13.5. The molecule has 2 heterocycles. The molecular formula is C34H35N3O6. The molecule has 1 fully saturated rings. The van der Waals surface area contributed by atoms with Crippen LogP contribution in [0.25, 0.3) is 5.76 Å². The van der Waals surface area contributed by atoms with Crippen LogP contribution < -0.4 is 14.2 Å². The minimum Gasteiger partial charge on any atom is -0.507 e. The van der Waals surface area contributed by atoms with Crippen LogP contribution in [0, 0.1) is 0 Å². The Bertz CT molecular complexity index is 1570. The van der Waals surface area contributed by atoms with Gasteiger partial charge in [0.2, 0.25) is 0 Å². The van der Waals surface area contributed by atoms with Crippen molar-refractivity contribution in [3.63, 3.8) is 0 Å². The lowest BCUT2D eigenvalue weighted by atomic mass is 9.95. The molecule has 3 aromatic carbocycles. The summed E-state index contributed by atoms with van der Waals surface area (Å²) in [5, 5.41) is 11.5. The predicted molar refractivity (Wildman–Crippen MR) is 162 cm³/mol. The van der Waals surface area contributed by atoms with Crippen LogP contribution in [-0.2, 0) is 22.7 Å². The van der Waals surface area contributed by atoms with Crippen molar-refractivity contribution in [2.75, 3.05) is 19.8 Å². The molecule has 5 rings (SSSR count). The summed E-state index contributed by atoms with van der Waals surface area (Å²) in [6.07, 6.45) is 5.83. The van der Waals surface area contributed by atoms with Crippen molar-refractivity contribution < 1.29 is 28.9 Å². The molecule has 4 aromatic rings. The molecule has 1 unspecified atom stereocenters. The molecule has 9 nitrogen and oxygen atoms in total. The summed E-state index contributed by atoms with van der Waals surface area (Å²) in [4.78, 5) is 32.5. The lowest BCUT2D eigenvalue weighted by Gasteiger charge is -2.26. The van der Waals surface area contributed by atoms with Crippen LogP contribution in [0.1, 0.15) is 43.0 Å². The Morgan fingerprint density at radius 3 is 2.35 bits per heavy atom. The highest BCUT2D eigenvalue weighted by atomic mass is 16.5. The molecule has 0 radical (unpaired) electrons. The standard InChI is InChI=1S/C34H35N3O6/c1-3-41-27-14-11-25(12-15-27)32(38)30-31(37(34(40)33(30)39)19-8-18-36-20-17-35-23-36)26-13-16-28(29(21-26)42-4-2)43-22-24-9-6-5-7-10-24/h5-7,9-17,20-21,23,31,38H,3-4,8,18-19,22H2,1-2H3. The van der Waals surface area contributed by atoms with Gasteiger partial charge in [0.05, 0.1) is 31.2 Å². The van der Waals surface area contributed by atoms with Gasteiger partial charge in [-0.1, -0.05) is 36.4 Å². The van der Waals surface area contributed by atoms with Crippen LogP contribution in [0.4, 0.5) is 0 Å². The number of aliphatic hydroxyl groups excluding tert-OH is 1. The average molecular weight is 582 g/mol. The fourth-order valence-corrected chi connectivity index (χ4v) is 5.15. The van der Waals surface area contributed by atoms with E-state index in [2.05, 4.69) is 4.98 Å². The summed E-state index contributed by atoms with van der Waals surface area (Å²) in [7, 11) is 0. The summed E-state index contributed by atoms with van der Waals surface area (Å²) >= 11 is 0. The molecule has 1 saturated heterocycles. The van der Waals surface area contributed by atoms with Crippen LogP contribution >= 0.6 is 0 Å². The van der Waals surface area contributed by atoms with Gasteiger partial charge in [-0.15, -0.1) is 0 Å². The predicted octanol–water partition coefficient (Wildman–Crippen LogP) is 5.77. The van der Waals surface area contributed by atoms with Crippen molar-refractivity contribution in [3.8, 4) is 17.2 Å². The van der Waals surface area contributed by atoms with Gasteiger partial charge in [0.1, 0.15) is 18.1 Å². The average Bonchev–Trinajstić information content (AvgIpc) is 3.64. The third kappa shape index (κ3) is 6.72.